The van der Waals surface area contributed by atoms with E-state index in [2.05, 4.69) is 32.0 Å². The van der Waals surface area contributed by atoms with E-state index in [-0.39, 0.29) is 5.91 Å². The highest BCUT2D eigenvalue weighted by Gasteiger charge is 2.38. The topological polar surface area (TPSA) is 32.7 Å². The molecule has 2 aliphatic heterocycles. The summed E-state index contributed by atoms with van der Waals surface area (Å²) in [6, 6.07) is 16.0. The summed E-state index contributed by atoms with van der Waals surface area (Å²) in [5, 5.41) is 2.28. The number of rotatable bonds is 0. The first-order chi connectivity index (χ1) is 11.2. The summed E-state index contributed by atoms with van der Waals surface area (Å²) in [5.74, 6) is 0.753. The Morgan fingerprint density at radius 1 is 0.826 bits per heavy atom. The molecule has 0 fully saturated rings. The van der Waals surface area contributed by atoms with E-state index in [0.717, 1.165) is 33.7 Å². The number of amidine groups is 1. The molecule has 3 heteroatoms. The number of carbonyl (C=O) groups is 1. The van der Waals surface area contributed by atoms with Gasteiger partial charge in [0.25, 0.3) is 5.91 Å². The largest absolute Gasteiger partial charge is 0.268 e. The van der Waals surface area contributed by atoms with Crippen LogP contribution in [0.4, 0.5) is 11.4 Å². The summed E-state index contributed by atoms with van der Waals surface area (Å²) in [6.45, 7) is 4.21. The highest BCUT2D eigenvalue weighted by molar-refractivity contribution is 6.40. The average molecular weight is 298 g/mol. The molecule has 0 atom stereocenters. The van der Waals surface area contributed by atoms with Gasteiger partial charge in [0, 0.05) is 10.9 Å². The minimum atomic E-state index is 0.0108. The van der Waals surface area contributed by atoms with E-state index in [4.69, 9.17) is 4.99 Å². The lowest BCUT2D eigenvalue weighted by Crippen LogP contribution is -2.31. The zero-order chi connectivity index (χ0) is 15.7. The molecule has 3 nitrogen and oxygen atoms in total. The zero-order valence-electron chi connectivity index (χ0n) is 12.9. The highest BCUT2D eigenvalue weighted by atomic mass is 16.2. The molecular weight excluding hydrogens is 284 g/mol. The van der Waals surface area contributed by atoms with Gasteiger partial charge in [-0.3, -0.25) is 9.69 Å². The van der Waals surface area contributed by atoms with Crippen molar-refractivity contribution in [3.05, 3.63) is 70.8 Å². The van der Waals surface area contributed by atoms with E-state index in [9.17, 15) is 4.79 Å². The van der Waals surface area contributed by atoms with Crippen LogP contribution in [0.5, 0.6) is 0 Å². The van der Waals surface area contributed by atoms with Gasteiger partial charge in [0.15, 0.2) is 0 Å². The SMILES string of the molecule is Cc1ccc2c3c(ccc(C)c13)N1C(=O)c3ccccc3C1=N2. The molecule has 0 aliphatic carbocycles. The van der Waals surface area contributed by atoms with Crippen LogP contribution in [-0.4, -0.2) is 11.7 Å². The van der Waals surface area contributed by atoms with Gasteiger partial charge in [0.05, 0.1) is 16.9 Å². The number of hydrogen-bond donors (Lipinski definition) is 0. The number of aliphatic imine (C=N–C) groups is 1. The second kappa shape index (κ2) is 4.07. The van der Waals surface area contributed by atoms with E-state index in [0.29, 0.717) is 0 Å². The lowest BCUT2D eigenvalue weighted by molar-refractivity contribution is 0.101. The molecule has 0 radical (unpaired) electrons. The monoisotopic (exact) mass is 298 g/mol. The molecule has 0 spiro atoms. The van der Waals surface area contributed by atoms with Crippen LogP contribution in [0, 0.1) is 13.8 Å². The summed E-state index contributed by atoms with van der Waals surface area (Å²) in [4.78, 5) is 19.5. The van der Waals surface area contributed by atoms with Gasteiger partial charge < -0.3 is 0 Å². The fourth-order valence-electron chi connectivity index (χ4n) is 3.76. The maximum atomic E-state index is 12.9. The van der Waals surface area contributed by atoms with Crippen LogP contribution in [0.3, 0.4) is 0 Å². The normalized spacial score (nSPS) is 14.8. The van der Waals surface area contributed by atoms with Crippen molar-refractivity contribution in [2.45, 2.75) is 13.8 Å². The number of nitrogens with zero attached hydrogens (tertiary/aromatic N) is 2. The van der Waals surface area contributed by atoms with Crippen molar-refractivity contribution < 1.29 is 4.79 Å². The van der Waals surface area contributed by atoms with Gasteiger partial charge in [0.1, 0.15) is 5.84 Å². The van der Waals surface area contributed by atoms with Crippen molar-refractivity contribution in [2.24, 2.45) is 4.99 Å². The molecule has 3 aromatic rings. The van der Waals surface area contributed by atoms with Crippen LogP contribution in [0.25, 0.3) is 10.8 Å². The molecule has 23 heavy (non-hydrogen) atoms. The van der Waals surface area contributed by atoms with Gasteiger partial charge in [-0.25, -0.2) is 4.99 Å². The summed E-state index contributed by atoms with van der Waals surface area (Å²) in [7, 11) is 0. The predicted octanol–water partition coefficient (Wildman–Crippen LogP) is 4.51. The van der Waals surface area contributed by atoms with Gasteiger partial charge in [-0.15, -0.1) is 0 Å². The Bertz CT molecular complexity index is 1050. The lowest BCUT2D eigenvalue weighted by atomic mass is 9.96. The van der Waals surface area contributed by atoms with Gasteiger partial charge in [-0.2, -0.15) is 0 Å². The van der Waals surface area contributed by atoms with Gasteiger partial charge in [0.2, 0.25) is 0 Å². The second-order valence-electron chi connectivity index (χ2n) is 6.17. The molecule has 0 aromatic heterocycles. The maximum Gasteiger partial charge on any atom is 0.264 e. The first-order valence-corrected chi connectivity index (χ1v) is 7.72. The lowest BCUT2D eigenvalue weighted by Gasteiger charge is -2.25. The fraction of sp³-hybridized carbons (Fsp3) is 0.100. The molecule has 0 saturated carbocycles. The number of anilines is 1. The smallest absolute Gasteiger partial charge is 0.264 e. The third-order valence-corrected chi connectivity index (χ3v) is 4.81. The number of amides is 1. The zero-order valence-corrected chi connectivity index (χ0v) is 12.9. The Labute approximate surface area is 133 Å². The quantitative estimate of drug-likeness (QED) is 0.601. The van der Waals surface area contributed by atoms with E-state index >= 15 is 0 Å². The molecule has 2 aliphatic rings. The second-order valence-corrected chi connectivity index (χ2v) is 6.17. The molecule has 0 N–H and O–H groups in total. The number of aryl methyl sites for hydroxylation is 2. The number of hydrogen-bond acceptors (Lipinski definition) is 2. The Hall–Kier alpha value is -2.94. The van der Waals surface area contributed by atoms with Crippen molar-refractivity contribution in [2.75, 3.05) is 4.90 Å². The molecule has 0 saturated heterocycles. The predicted molar refractivity (Wildman–Crippen MR) is 92.9 cm³/mol. The average Bonchev–Trinajstić information content (AvgIpc) is 2.85. The van der Waals surface area contributed by atoms with Crippen molar-refractivity contribution in [1.82, 2.24) is 0 Å². The molecule has 2 heterocycles. The molecule has 110 valence electrons. The highest BCUT2D eigenvalue weighted by Crippen LogP contribution is 2.44. The molecule has 5 rings (SSSR count). The van der Waals surface area contributed by atoms with Crippen LogP contribution in [0.2, 0.25) is 0 Å². The molecule has 1 amide bonds. The molecule has 0 bridgehead atoms. The Morgan fingerprint density at radius 3 is 2.30 bits per heavy atom. The maximum absolute atomic E-state index is 12.9. The van der Waals surface area contributed by atoms with Crippen LogP contribution >= 0.6 is 0 Å². The first kappa shape index (κ1) is 12.6. The summed E-state index contributed by atoms with van der Waals surface area (Å²) >= 11 is 0. The third-order valence-electron chi connectivity index (χ3n) is 4.81. The van der Waals surface area contributed by atoms with Crippen LogP contribution < -0.4 is 4.90 Å². The van der Waals surface area contributed by atoms with Crippen LogP contribution in [0.15, 0.2) is 53.5 Å². The van der Waals surface area contributed by atoms with E-state index in [1.165, 1.54) is 16.5 Å². The minimum absolute atomic E-state index is 0.0108. The first-order valence-electron chi connectivity index (χ1n) is 7.72. The van der Waals surface area contributed by atoms with E-state index < -0.39 is 0 Å². The summed E-state index contributed by atoms with van der Waals surface area (Å²) < 4.78 is 0. The summed E-state index contributed by atoms with van der Waals surface area (Å²) in [6.07, 6.45) is 0. The van der Waals surface area contributed by atoms with E-state index in [1.807, 2.05) is 30.3 Å². The molecular formula is C20H14N2O. The Morgan fingerprint density at radius 2 is 1.52 bits per heavy atom. The standard InChI is InChI=1S/C20H14N2O/c1-11-7-9-15-18-16(10-8-12(2)17(11)18)22-19(21-15)13-5-3-4-6-14(13)20(22)23/h3-10H,1-2H3. The van der Waals surface area contributed by atoms with Crippen molar-refractivity contribution in [3.63, 3.8) is 0 Å². The fourth-order valence-corrected chi connectivity index (χ4v) is 3.76. The van der Waals surface area contributed by atoms with Crippen LogP contribution in [0.1, 0.15) is 27.0 Å². The molecule has 3 aromatic carbocycles. The number of fused-ring (bicyclic) bond motifs is 4. The van der Waals surface area contributed by atoms with Crippen molar-refractivity contribution in [3.8, 4) is 0 Å². The van der Waals surface area contributed by atoms with E-state index in [1.54, 1.807) is 4.90 Å². The van der Waals surface area contributed by atoms with Gasteiger partial charge >= 0.3 is 0 Å². The molecule has 0 unspecified atom stereocenters. The number of benzene rings is 3. The number of carbonyl (C=O) groups excluding carboxylic acids is 1. The third kappa shape index (κ3) is 1.44. The van der Waals surface area contributed by atoms with Crippen LogP contribution in [-0.2, 0) is 0 Å². The minimum Gasteiger partial charge on any atom is -0.268 e. The Balaban J connectivity index is 1.93. The Kier molecular flexibility index (Phi) is 2.23. The van der Waals surface area contributed by atoms with Gasteiger partial charge in [-0.1, -0.05) is 30.3 Å². The van der Waals surface area contributed by atoms with Gasteiger partial charge in [-0.05, 0) is 48.6 Å². The summed E-state index contributed by atoms with van der Waals surface area (Å²) in [5.41, 5.74) is 5.95. The van der Waals surface area contributed by atoms with Crippen molar-refractivity contribution in [1.29, 1.82) is 0 Å². The van der Waals surface area contributed by atoms with Crippen molar-refractivity contribution >= 4 is 33.9 Å².